The third kappa shape index (κ3) is 3.41. The highest BCUT2D eigenvalue weighted by atomic mass is 32.1. The number of benzene rings is 1. The van der Waals surface area contributed by atoms with E-state index >= 15 is 0 Å². The van der Waals surface area contributed by atoms with Crippen molar-refractivity contribution in [3.8, 4) is 0 Å². The number of hydrogen-bond acceptors (Lipinski definition) is 3. The molecule has 0 aliphatic carbocycles. The number of methoxy groups -OCH3 is 1. The topological polar surface area (TPSA) is 62.0 Å². The van der Waals surface area contributed by atoms with E-state index in [0.717, 1.165) is 36.2 Å². The van der Waals surface area contributed by atoms with Crippen molar-refractivity contribution in [3.63, 3.8) is 0 Å². The number of nitrogens with one attached hydrogen (secondary N) is 3. The SMILES string of the molecule is COCCCNC(=S)Nc1ccc2cn[nH]c2c1. The number of rotatable bonds is 5. The fourth-order valence-corrected chi connectivity index (χ4v) is 1.83. The van der Waals surface area contributed by atoms with Crippen LogP contribution in [-0.2, 0) is 4.74 Å². The number of fused-ring (bicyclic) bond motifs is 1. The minimum atomic E-state index is 0.616. The first-order valence-corrected chi connectivity index (χ1v) is 6.17. The number of H-pyrrole nitrogens is 1. The molecule has 5 nitrogen and oxygen atoms in total. The van der Waals surface area contributed by atoms with Crippen LogP contribution >= 0.6 is 12.2 Å². The molecule has 18 heavy (non-hydrogen) atoms. The van der Waals surface area contributed by atoms with Gasteiger partial charge in [-0.15, -0.1) is 0 Å². The van der Waals surface area contributed by atoms with Crippen molar-refractivity contribution in [2.45, 2.75) is 6.42 Å². The largest absolute Gasteiger partial charge is 0.385 e. The quantitative estimate of drug-likeness (QED) is 0.568. The maximum Gasteiger partial charge on any atom is 0.170 e. The molecule has 0 atom stereocenters. The van der Waals surface area contributed by atoms with Gasteiger partial charge in [0.15, 0.2) is 5.11 Å². The van der Waals surface area contributed by atoms with Crippen molar-refractivity contribution in [1.29, 1.82) is 0 Å². The number of nitrogens with zero attached hydrogens (tertiary/aromatic N) is 1. The Morgan fingerprint density at radius 1 is 1.50 bits per heavy atom. The molecule has 1 aromatic heterocycles. The molecule has 0 aliphatic rings. The van der Waals surface area contributed by atoms with Gasteiger partial charge >= 0.3 is 0 Å². The van der Waals surface area contributed by atoms with Crippen LogP contribution in [0.2, 0.25) is 0 Å². The third-order valence-electron chi connectivity index (χ3n) is 2.51. The van der Waals surface area contributed by atoms with Crippen molar-refractivity contribution < 1.29 is 4.74 Å². The van der Waals surface area contributed by atoms with Gasteiger partial charge in [-0.25, -0.2) is 0 Å². The lowest BCUT2D eigenvalue weighted by molar-refractivity contribution is 0.196. The van der Waals surface area contributed by atoms with E-state index in [1.54, 1.807) is 13.3 Å². The van der Waals surface area contributed by atoms with Crippen LogP contribution in [0.25, 0.3) is 10.9 Å². The monoisotopic (exact) mass is 264 g/mol. The van der Waals surface area contributed by atoms with Gasteiger partial charge in [-0.05, 0) is 36.8 Å². The summed E-state index contributed by atoms with van der Waals surface area (Å²) in [6, 6.07) is 5.95. The fraction of sp³-hybridized carbons (Fsp3) is 0.333. The highest BCUT2D eigenvalue weighted by molar-refractivity contribution is 7.80. The zero-order valence-corrected chi connectivity index (χ0v) is 11.0. The molecular formula is C12H16N4OS. The van der Waals surface area contributed by atoms with E-state index in [2.05, 4.69) is 20.8 Å². The number of aromatic amines is 1. The summed E-state index contributed by atoms with van der Waals surface area (Å²) in [6.45, 7) is 1.53. The first kappa shape index (κ1) is 12.8. The lowest BCUT2D eigenvalue weighted by Gasteiger charge is -2.10. The van der Waals surface area contributed by atoms with E-state index in [9.17, 15) is 0 Å². The molecule has 2 aromatic rings. The van der Waals surface area contributed by atoms with Gasteiger partial charge in [0.05, 0.1) is 11.7 Å². The van der Waals surface area contributed by atoms with Crippen LogP contribution in [0.5, 0.6) is 0 Å². The minimum absolute atomic E-state index is 0.616. The smallest absolute Gasteiger partial charge is 0.170 e. The third-order valence-corrected chi connectivity index (χ3v) is 2.76. The molecule has 1 heterocycles. The molecule has 2 rings (SSSR count). The van der Waals surface area contributed by atoms with Crippen molar-refractivity contribution in [2.75, 3.05) is 25.6 Å². The summed E-state index contributed by atoms with van der Waals surface area (Å²) < 4.78 is 4.97. The number of hydrogen-bond donors (Lipinski definition) is 3. The summed E-state index contributed by atoms with van der Waals surface area (Å²) in [5.41, 5.74) is 1.93. The van der Waals surface area contributed by atoms with Gasteiger partial charge in [0.25, 0.3) is 0 Å². The standard InChI is InChI=1S/C12H16N4OS/c1-17-6-2-5-13-12(18)15-10-4-3-9-8-14-16-11(9)7-10/h3-4,7-8H,2,5-6H2,1H3,(H,14,16)(H2,13,15,18). The van der Waals surface area contributed by atoms with Crippen molar-refractivity contribution in [3.05, 3.63) is 24.4 Å². The first-order valence-electron chi connectivity index (χ1n) is 5.76. The van der Waals surface area contributed by atoms with Gasteiger partial charge < -0.3 is 15.4 Å². The maximum atomic E-state index is 5.20. The fourth-order valence-electron chi connectivity index (χ4n) is 1.61. The van der Waals surface area contributed by atoms with Crippen molar-refractivity contribution in [2.24, 2.45) is 0 Å². The van der Waals surface area contributed by atoms with Gasteiger partial charge in [0.1, 0.15) is 0 Å². The van der Waals surface area contributed by atoms with Crippen molar-refractivity contribution >= 4 is 33.9 Å². The minimum Gasteiger partial charge on any atom is -0.385 e. The van der Waals surface area contributed by atoms with Gasteiger partial charge in [-0.1, -0.05) is 0 Å². The molecule has 6 heteroatoms. The van der Waals surface area contributed by atoms with Crippen LogP contribution in [0, 0.1) is 0 Å². The van der Waals surface area contributed by atoms with Crippen LogP contribution in [-0.4, -0.2) is 35.6 Å². The molecule has 0 saturated heterocycles. The molecule has 0 amide bonds. The van der Waals surface area contributed by atoms with E-state index in [0.29, 0.717) is 5.11 Å². The average Bonchev–Trinajstić information content (AvgIpc) is 2.82. The van der Waals surface area contributed by atoms with E-state index in [-0.39, 0.29) is 0 Å². The molecular weight excluding hydrogens is 248 g/mol. The van der Waals surface area contributed by atoms with Gasteiger partial charge in [-0.2, -0.15) is 5.10 Å². The molecule has 0 saturated carbocycles. The Morgan fingerprint density at radius 3 is 3.22 bits per heavy atom. The Morgan fingerprint density at radius 2 is 2.39 bits per heavy atom. The predicted octanol–water partition coefficient (Wildman–Crippen LogP) is 1.89. The molecule has 3 N–H and O–H groups in total. The summed E-state index contributed by atoms with van der Waals surface area (Å²) in [5.74, 6) is 0. The van der Waals surface area contributed by atoms with E-state index < -0.39 is 0 Å². The first-order chi connectivity index (χ1) is 8.79. The molecule has 0 bridgehead atoms. The molecule has 0 aliphatic heterocycles. The highest BCUT2D eigenvalue weighted by Gasteiger charge is 2.00. The lowest BCUT2D eigenvalue weighted by atomic mass is 10.2. The second-order valence-electron chi connectivity index (χ2n) is 3.90. The van der Waals surface area contributed by atoms with E-state index in [1.165, 1.54) is 0 Å². The maximum absolute atomic E-state index is 5.20. The van der Waals surface area contributed by atoms with E-state index in [4.69, 9.17) is 17.0 Å². The lowest BCUT2D eigenvalue weighted by Crippen LogP contribution is -2.29. The van der Waals surface area contributed by atoms with Crippen LogP contribution < -0.4 is 10.6 Å². The normalized spacial score (nSPS) is 10.5. The van der Waals surface area contributed by atoms with Crippen LogP contribution in [0.4, 0.5) is 5.69 Å². The van der Waals surface area contributed by atoms with Crippen LogP contribution in [0.1, 0.15) is 6.42 Å². The zero-order chi connectivity index (χ0) is 12.8. The molecule has 0 radical (unpaired) electrons. The molecule has 0 unspecified atom stereocenters. The Bertz CT molecular complexity index is 526. The van der Waals surface area contributed by atoms with Crippen molar-refractivity contribution in [1.82, 2.24) is 15.5 Å². The second kappa shape index (κ2) is 6.32. The van der Waals surface area contributed by atoms with Gasteiger partial charge in [0.2, 0.25) is 0 Å². The highest BCUT2D eigenvalue weighted by Crippen LogP contribution is 2.16. The summed E-state index contributed by atoms with van der Waals surface area (Å²) in [7, 11) is 1.69. The second-order valence-corrected chi connectivity index (χ2v) is 4.31. The number of aromatic nitrogens is 2. The zero-order valence-electron chi connectivity index (χ0n) is 10.2. The van der Waals surface area contributed by atoms with Crippen LogP contribution in [0.3, 0.4) is 0 Å². The van der Waals surface area contributed by atoms with E-state index in [1.807, 2.05) is 18.2 Å². The summed E-state index contributed by atoms with van der Waals surface area (Å²) >= 11 is 5.20. The summed E-state index contributed by atoms with van der Waals surface area (Å²) in [4.78, 5) is 0. The molecule has 96 valence electrons. The number of ether oxygens (including phenoxy) is 1. The Labute approximate surface area is 111 Å². The molecule has 1 aromatic carbocycles. The average molecular weight is 264 g/mol. The number of anilines is 1. The molecule has 0 spiro atoms. The van der Waals surface area contributed by atoms with Gasteiger partial charge in [0, 0.05) is 31.3 Å². The Kier molecular flexibility index (Phi) is 4.49. The summed E-state index contributed by atoms with van der Waals surface area (Å²) in [5, 5.41) is 14.9. The summed E-state index contributed by atoms with van der Waals surface area (Å²) in [6.07, 6.45) is 2.72. The van der Waals surface area contributed by atoms with Crippen LogP contribution in [0.15, 0.2) is 24.4 Å². The Hall–Kier alpha value is -1.66. The predicted molar refractivity (Wildman–Crippen MR) is 76.8 cm³/mol. The Balaban J connectivity index is 1.86. The number of thiocarbonyl (C=S) groups is 1. The molecule has 0 fully saturated rings. The van der Waals surface area contributed by atoms with Gasteiger partial charge in [-0.3, -0.25) is 5.10 Å².